The zero-order valence-corrected chi connectivity index (χ0v) is 15.9. The molecule has 4 rings (SSSR count). The maximum atomic E-state index is 13.1. The Kier molecular flexibility index (Phi) is 4.73. The van der Waals surface area contributed by atoms with Crippen molar-refractivity contribution in [3.05, 3.63) is 94.1 Å². The monoisotopic (exact) mass is 421 g/mol. The quantitative estimate of drug-likeness (QED) is 0.686. The van der Waals surface area contributed by atoms with E-state index in [2.05, 4.69) is 26.2 Å². The van der Waals surface area contributed by atoms with E-state index in [9.17, 15) is 9.59 Å². The van der Waals surface area contributed by atoms with Gasteiger partial charge in [0, 0.05) is 22.8 Å². The second-order valence-corrected chi connectivity index (χ2v) is 7.17. The Morgan fingerprint density at radius 1 is 1.07 bits per heavy atom. The van der Waals surface area contributed by atoms with Crippen LogP contribution >= 0.6 is 15.9 Å². The van der Waals surface area contributed by atoms with Crippen molar-refractivity contribution in [2.24, 2.45) is 0 Å². The summed E-state index contributed by atoms with van der Waals surface area (Å²) in [6.07, 6.45) is 1.61. The van der Waals surface area contributed by atoms with Gasteiger partial charge in [0.05, 0.1) is 0 Å². The van der Waals surface area contributed by atoms with Gasteiger partial charge in [-0.2, -0.15) is 0 Å². The summed E-state index contributed by atoms with van der Waals surface area (Å²) in [5.74, 6) is -0.00998. The number of nitrogens with one attached hydrogen (secondary N) is 1. The van der Waals surface area contributed by atoms with Gasteiger partial charge in [0.1, 0.15) is 11.9 Å². The number of hydrogen-bond donors (Lipinski definition) is 1. The molecule has 5 nitrogen and oxygen atoms in total. The number of anilines is 1. The fourth-order valence-corrected chi connectivity index (χ4v) is 3.60. The van der Waals surface area contributed by atoms with Gasteiger partial charge in [0.15, 0.2) is 0 Å². The predicted molar refractivity (Wildman–Crippen MR) is 106 cm³/mol. The lowest BCUT2D eigenvalue weighted by atomic mass is 10.0. The van der Waals surface area contributed by atoms with Crippen LogP contribution in [-0.4, -0.2) is 21.7 Å². The smallest absolute Gasteiger partial charge is 0.255 e. The summed E-state index contributed by atoms with van der Waals surface area (Å²) in [6.45, 7) is 0.397. The first kappa shape index (κ1) is 17.4. The molecular weight excluding hydrogens is 406 g/mol. The molecule has 134 valence electrons. The average molecular weight is 422 g/mol. The summed E-state index contributed by atoms with van der Waals surface area (Å²) < 4.78 is 0.814. The van der Waals surface area contributed by atoms with Gasteiger partial charge in [-0.05, 0) is 29.3 Å². The van der Waals surface area contributed by atoms with E-state index in [1.807, 2.05) is 48.5 Å². The molecular formula is C21H16BrN3O2. The van der Waals surface area contributed by atoms with Crippen LogP contribution in [0.2, 0.25) is 0 Å². The van der Waals surface area contributed by atoms with Crippen molar-refractivity contribution in [1.29, 1.82) is 0 Å². The Hall–Kier alpha value is -2.99. The Labute approximate surface area is 165 Å². The topological polar surface area (TPSA) is 62.3 Å². The highest BCUT2D eigenvalue weighted by Crippen LogP contribution is 2.32. The number of aromatic nitrogens is 1. The van der Waals surface area contributed by atoms with E-state index < -0.39 is 6.04 Å². The minimum atomic E-state index is -0.744. The van der Waals surface area contributed by atoms with Crippen LogP contribution in [0, 0.1) is 0 Å². The molecule has 0 bridgehead atoms. The first-order chi connectivity index (χ1) is 13.1. The highest BCUT2D eigenvalue weighted by atomic mass is 79.9. The van der Waals surface area contributed by atoms with Crippen molar-refractivity contribution < 1.29 is 9.59 Å². The van der Waals surface area contributed by atoms with Gasteiger partial charge in [-0.15, -0.1) is 0 Å². The lowest BCUT2D eigenvalue weighted by molar-refractivity contribution is -0.120. The second kappa shape index (κ2) is 7.32. The van der Waals surface area contributed by atoms with Crippen LogP contribution in [0.15, 0.2) is 77.4 Å². The number of benzene rings is 2. The Morgan fingerprint density at radius 2 is 1.81 bits per heavy atom. The SMILES string of the molecule is O=C(Nc1cc(Br)ccn1)[C@@H](c1ccccc1)N1Cc2ccccc2C1=O. The fourth-order valence-electron chi connectivity index (χ4n) is 3.26. The molecule has 0 unspecified atom stereocenters. The van der Waals surface area contributed by atoms with Gasteiger partial charge in [-0.25, -0.2) is 4.98 Å². The molecule has 2 aromatic carbocycles. The van der Waals surface area contributed by atoms with Crippen LogP contribution in [0.5, 0.6) is 0 Å². The minimum absolute atomic E-state index is 0.142. The van der Waals surface area contributed by atoms with Gasteiger partial charge >= 0.3 is 0 Å². The van der Waals surface area contributed by atoms with E-state index in [4.69, 9.17) is 0 Å². The van der Waals surface area contributed by atoms with Gasteiger partial charge < -0.3 is 10.2 Å². The van der Waals surface area contributed by atoms with Crippen LogP contribution in [0.4, 0.5) is 5.82 Å². The highest BCUT2D eigenvalue weighted by Gasteiger charge is 2.37. The first-order valence-corrected chi connectivity index (χ1v) is 9.29. The van der Waals surface area contributed by atoms with Crippen LogP contribution < -0.4 is 5.32 Å². The molecule has 2 heterocycles. The van der Waals surface area contributed by atoms with E-state index in [0.29, 0.717) is 17.9 Å². The van der Waals surface area contributed by atoms with Crippen molar-refractivity contribution in [2.45, 2.75) is 12.6 Å². The zero-order chi connectivity index (χ0) is 18.8. The van der Waals surface area contributed by atoms with Crippen molar-refractivity contribution in [1.82, 2.24) is 9.88 Å². The number of amides is 2. The van der Waals surface area contributed by atoms with E-state index in [1.165, 1.54) is 0 Å². The minimum Gasteiger partial charge on any atom is -0.318 e. The number of halogens is 1. The summed E-state index contributed by atoms with van der Waals surface area (Å²) in [5, 5.41) is 2.83. The van der Waals surface area contributed by atoms with E-state index in [-0.39, 0.29) is 11.8 Å². The van der Waals surface area contributed by atoms with Crippen molar-refractivity contribution in [3.63, 3.8) is 0 Å². The maximum Gasteiger partial charge on any atom is 0.255 e. The summed E-state index contributed by atoms with van der Waals surface area (Å²) in [4.78, 5) is 31.9. The molecule has 0 fully saturated rings. The van der Waals surface area contributed by atoms with Crippen molar-refractivity contribution >= 4 is 33.6 Å². The van der Waals surface area contributed by atoms with Crippen LogP contribution in [0.3, 0.4) is 0 Å². The lowest BCUT2D eigenvalue weighted by Crippen LogP contribution is -2.37. The Bertz CT molecular complexity index is 1010. The second-order valence-electron chi connectivity index (χ2n) is 6.25. The molecule has 0 radical (unpaired) electrons. The number of pyridine rings is 1. The molecule has 6 heteroatoms. The first-order valence-electron chi connectivity index (χ1n) is 8.50. The fraction of sp³-hybridized carbons (Fsp3) is 0.0952. The average Bonchev–Trinajstić information content (AvgIpc) is 3.00. The van der Waals surface area contributed by atoms with E-state index in [1.54, 1.807) is 29.3 Å². The third-order valence-electron chi connectivity index (χ3n) is 4.50. The number of carbonyl (C=O) groups is 2. The molecule has 1 aliphatic heterocycles. The van der Waals surface area contributed by atoms with Gasteiger partial charge in [0.2, 0.25) is 0 Å². The van der Waals surface area contributed by atoms with Gasteiger partial charge in [-0.1, -0.05) is 64.5 Å². The largest absolute Gasteiger partial charge is 0.318 e. The zero-order valence-electron chi connectivity index (χ0n) is 14.3. The normalized spacial score (nSPS) is 14.0. The highest BCUT2D eigenvalue weighted by molar-refractivity contribution is 9.10. The van der Waals surface area contributed by atoms with Crippen LogP contribution in [-0.2, 0) is 11.3 Å². The summed E-state index contributed by atoms with van der Waals surface area (Å²) >= 11 is 3.37. The van der Waals surface area contributed by atoms with Crippen molar-refractivity contribution in [3.8, 4) is 0 Å². The molecule has 0 spiro atoms. The third kappa shape index (κ3) is 3.48. The number of rotatable bonds is 4. The molecule has 1 aliphatic rings. The molecule has 1 atom stereocenters. The molecule has 27 heavy (non-hydrogen) atoms. The third-order valence-corrected chi connectivity index (χ3v) is 4.99. The van der Waals surface area contributed by atoms with Crippen molar-refractivity contribution in [2.75, 3.05) is 5.32 Å². The Balaban J connectivity index is 1.68. The summed E-state index contributed by atoms with van der Waals surface area (Å²) in [5.41, 5.74) is 2.33. The van der Waals surface area contributed by atoms with E-state index >= 15 is 0 Å². The molecule has 0 saturated carbocycles. The number of nitrogens with zero attached hydrogens (tertiary/aromatic N) is 2. The van der Waals surface area contributed by atoms with Gasteiger partial charge in [0.25, 0.3) is 11.8 Å². The van der Waals surface area contributed by atoms with Gasteiger partial charge in [-0.3, -0.25) is 9.59 Å². The Morgan fingerprint density at radius 3 is 2.56 bits per heavy atom. The molecule has 0 saturated heterocycles. The number of hydrogen-bond acceptors (Lipinski definition) is 3. The summed E-state index contributed by atoms with van der Waals surface area (Å²) in [7, 11) is 0. The summed E-state index contributed by atoms with van der Waals surface area (Å²) in [6, 6.07) is 19.5. The number of fused-ring (bicyclic) bond motifs is 1. The van der Waals surface area contributed by atoms with E-state index in [0.717, 1.165) is 15.6 Å². The molecule has 0 aliphatic carbocycles. The predicted octanol–water partition coefficient (Wildman–Crippen LogP) is 4.18. The van der Waals surface area contributed by atoms with Crippen LogP contribution in [0.25, 0.3) is 0 Å². The molecule has 3 aromatic rings. The maximum absolute atomic E-state index is 13.1. The van der Waals surface area contributed by atoms with Crippen LogP contribution in [0.1, 0.15) is 27.5 Å². The molecule has 2 amide bonds. The standard InChI is InChI=1S/C21H16BrN3O2/c22-16-10-11-23-18(12-16)24-20(26)19(14-6-2-1-3-7-14)25-13-15-8-4-5-9-17(15)21(25)27/h1-12,19H,13H2,(H,23,24,26)/t19-/m1/s1. The number of carbonyl (C=O) groups excluding carboxylic acids is 2. The lowest BCUT2D eigenvalue weighted by Gasteiger charge is -2.27. The molecule has 1 aromatic heterocycles. The molecule has 1 N–H and O–H groups in total.